The molecule has 3 aromatic rings. The number of nitro benzene ring substituents is 1. The van der Waals surface area contributed by atoms with Gasteiger partial charge in [0.15, 0.2) is 17.7 Å². The zero-order valence-electron chi connectivity index (χ0n) is 20.0. The Morgan fingerprint density at radius 2 is 1.81 bits per heavy atom. The van der Waals surface area contributed by atoms with Gasteiger partial charge in [0.05, 0.1) is 4.92 Å². The van der Waals surface area contributed by atoms with Crippen molar-refractivity contribution < 1.29 is 23.9 Å². The second-order valence-electron chi connectivity index (χ2n) is 8.96. The molecule has 0 bridgehead atoms. The molecule has 188 valence electrons. The van der Waals surface area contributed by atoms with Crippen molar-refractivity contribution in [3.05, 3.63) is 70.4 Å². The number of fused-ring (bicyclic) bond motifs is 1. The zero-order valence-corrected chi connectivity index (χ0v) is 20.0. The third-order valence-electron chi connectivity index (χ3n) is 6.14. The predicted octanol–water partition coefficient (Wildman–Crippen LogP) is 2.74. The maximum absolute atomic E-state index is 12.6. The van der Waals surface area contributed by atoms with Gasteiger partial charge in [-0.25, -0.2) is 4.68 Å². The number of hydrogen-bond acceptors (Lipinski definition) is 9. The number of nitrogens with zero attached hydrogens (tertiary/aromatic N) is 4. The largest absolute Gasteiger partial charge is 0.377 e. The molecule has 3 heterocycles. The highest BCUT2D eigenvalue weighted by atomic mass is 16.8. The summed E-state index contributed by atoms with van der Waals surface area (Å²) in [5, 5.41) is 25.6. The fraction of sp³-hybridized carbons (Fsp3) is 0.375. The molecule has 1 aromatic heterocycles. The smallest absolute Gasteiger partial charge is 0.292 e. The van der Waals surface area contributed by atoms with E-state index in [4.69, 9.17) is 14.2 Å². The lowest BCUT2D eigenvalue weighted by molar-refractivity contribution is -0.384. The average Bonchev–Trinajstić information content (AvgIpc) is 3.53. The van der Waals surface area contributed by atoms with Crippen LogP contribution in [0.2, 0.25) is 0 Å². The fourth-order valence-electron chi connectivity index (χ4n) is 4.62. The predicted molar refractivity (Wildman–Crippen MR) is 128 cm³/mol. The lowest BCUT2D eigenvalue weighted by Gasteiger charge is -2.25. The van der Waals surface area contributed by atoms with Gasteiger partial charge in [-0.15, -0.1) is 5.10 Å². The molecule has 4 atom stereocenters. The van der Waals surface area contributed by atoms with Crippen LogP contribution in [0.1, 0.15) is 30.6 Å². The SMILES string of the molecule is CNC(=O)c1nnn([C@@H]2O[C@H](CNc3ccccc3[N+](=O)[O-])[C@H]3OC(C)(C)O[C@H]32)c1-c1ccccc1. The number of anilines is 1. The molecule has 5 rings (SSSR count). The van der Waals surface area contributed by atoms with Crippen LogP contribution in [-0.2, 0) is 14.2 Å². The van der Waals surface area contributed by atoms with Gasteiger partial charge in [0, 0.05) is 25.2 Å². The minimum Gasteiger partial charge on any atom is -0.377 e. The number of amides is 1. The van der Waals surface area contributed by atoms with Gasteiger partial charge in [0.1, 0.15) is 29.7 Å². The van der Waals surface area contributed by atoms with Gasteiger partial charge in [0.2, 0.25) is 0 Å². The number of nitro groups is 1. The summed E-state index contributed by atoms with van der Waals surface area (Å²) in [5.74, 6) is -1.26. The van der Waals surface area contributed by atoms with Crippen LogP contribution in [0.25, 0.3) is 11.3 Å². The van der Waals surface area contributed by atoms with E-state index < -0.39 is 35.3 Å². The van der Waals surface area contributed by atoms with E-state index in [1.807, 2.05) is 44.2 Å². The minimum absolute atomic E-state index is 0.0367. The first-order valence-corrected chi connectivity index (χ1v) is 11.5. The first-order chi connectivity index (χ1) is 17.3. The Bertz CT molecular complexity index is 1280. The standard InChI is InChI=1S/C24H26N6O6/c1-24(2)35-20-17(13-26-15-11-7-8-12-16(15)30(32)33)34-23(21(20)36-24)29-19(14-9-5-4-6-10-14)18(27-28-29)22(31)25-3/h4-12,17,20-21,23,26H,13H2,1-3H3,(H,25,31)/t17-,20-,21-,23-/m1/s1. The third kappa shape index (κ3) is 4.30. The van der Waals surface area contributed by atoms with Crippen LogP contribution in [0, 0.1) is 10.1 Å². The molecular formula is C24H26N6O6. The molecule has 0 spiro atoms. The highest BCUT2D eigenvalue weighted by molar-refractivity contribution is 5.97. The summed E-state index contributed by atoms with van der Waals surface area (Å²) in [6.45, 7) is 3.84. The van der Waals surface area contributed by atoms with E-state index in [2.05, 4.69) is 20.9 Å². The Hall–Kier alpha value is -3.87. The number of benzene rings is 2. The second-order valence-corrected chi connectivity index (χ2v) is 8.96. The molecule has 2 fully saturated rings. The summed E-state index contributed by atoms with van der Waals surface area (Å²) in [5.41, 5.74) is 1.71. The quantitative estimate of drug-likeness (QED) is 0.374. The topological polar surface area (TPSA) is 143 Å². The Labute approximate surface area is 206 Å². The first-order valence-electron chi connectivity index (χ1n) is 11.5. The van der Waals surface area contributed by atoms with E-state index in [-0.39, 0.29) is 23.8 Å². The van der Waals surface area contributed by atoms with Crippen molar-refractivity contribution in [2.75, 3.05) is 18.9 Å². The van der Waals surface area contributed by atoms with Crippen LogP contribution in [-0.4, -0.2) is 63.5 Å². The second kappa shape index (κ2) is 9.30. The summed E-state index contributed by atoms with van der Waals surface area (Å²) in [4.78, 5) is 23.6. The van der Waals surface area contributed by atoms with Crippen molar-refractivity contribution in [2.45, 2.75) is 44.2 Å². The molecule has 36 heavy (non-hydrogen) atoms. The van der Waals surface area contributed by atoms with Crippen LogP contribution in [0.4, 0.5) is 11.4 Å². The highest BCUT2D eigenvalue weighted by Gasteiger charge is 2.56. The molecule has 0 aliphatic carbocycles. The van der Waals surface area contributed by atoms with E-state index >= 15 is 0 Å². The number of ether oxygens (including phenoxy) is 3. The number of carbonyl (C=O) groups excluding carboxylic acids is 1. The molecule has 2 aromatic carbocycles. The van der Waals surface area contributed by atoms with Crippen LogP contribution in [0.3, 0.4) is 0 Å². The van der Waals surface area contributed by atoms with Crippen molar-refractivity contribution in [1.29, 1.82) is 0 Å². The van der Waals surface area contributed by atoms with E-state index in [1.54, 1.807) is 22.9 Å². The Balaban J connectivity index is 1.48. The Kier molecular flexibility index (Phi) is 6.16. The molecule has 2 aliphatic heterocycles. The lowest BCUT2D eigenvalue weighted by Crippen LogP contribution is -2.34. The van der Waals surface area contributed by atoms with Crippen molar-refractivity contribution in [3.8, 4) is 11.3 Å². The molecule has 12 heteroatoms. The molecule has 1 amide bonds. The molecule has 0 saturated carbocycles. The Morgan fingerprint density at radius 1 is 1.11 bits per heavy atom. The molecular weight excluding hydrogens is 468 g/mol. The van der Waals surface area contributed by atoms with Crippen LogP contribution >= 0.6 is 0 Å². The van der Waals surface area contributed by atoms with Gasteiger partial charge in [-0.3, -0.25) is 14.9 Å². The number of para-hydroxylation sites is 2. The summed E-state index contributed by atoms with van der Waals surface area (Å²) >= 11 is 0. The van der Waals surface area contributed by atoms with Crippen LogP contribution < -0.4 is 10.6 Å². The lowest BCUT2D eigenvalue weighted by atomic mass is 10.1. The monoisotopic (exact) mass is 494 g/mol. The van der Waals surface area contributed by atoms with E-state index in [1.165, 1.54) is 13.1 Å². The number of carbonyl (C=O) groups is 1. The summed E-state index contributed by atoms with van der Waals surface area (Å²) in [6, 6.07) is 15.7. The summed E-state index contributed by atoms with van der Waals surface area (Å²) < 4.78 is 20.3. The normalized spacial score (nSPS) is 24.3. The molecule has 2 saturated heterocycles. The molecule has 0 unspecified atom stereocenters. The van der Waals surface area contributed by atoms with E-state index in [0.717, 1.165) is 5.56 Å². The van der Waals surface area contributed by atoms with Crippen molar-refractivity contribution in [1.82, 2.24) is 20.3 Å². The van der Waals surface area contributed by atoms with Gasteiger partial charge in [-0.2, -0.15) is 0 Å². The number of aromatic nitrogens is 3. The third-order valence-corrected chi connectivity index (χ3v) is 6.14. The minimum atomic E-state index is -0.883. The highest BCUT2D eigenvalue weighted by Crippen LogP contribution is 2.44. The average molecular weight is 495 g/mol. The fourth-order valence-corrected chi connectivity index (χ4v) is 4.62. The van der Waals surface area contributed by atoms with Crippen molar-refractivity contribution in [2.24, 2.45) is 0 Å². The van der Waals surface area contributed by atoms with Crippen LogP contribution in [0.15, 0.2) is 54.6 Å². The van der Waals surface area contributed by atoms with E-state index in [0.29, 0.717) is 11.4 Å². The Morgan fingerprint density at radius 3 is 2.53 bits per heavy atom. The van der Waals surface area contributed by atoms with Crippen LogP contribution in [0.5, 0.6) is 0 Å². The molecule has 2 N–H and O–H groups in total. The van der Waals surface area contributed by atoms with E-state index in [9.17, 15) is 14.9 Å². The summed E-state index contributed by atoms with van der Waals surface area (Å²) in [7, 11) is 1.53. The first kappa shape index (κ1) is 23.9. The summed E-state index contributed by atoms with van der Waals surface area (Å²) in [6.07, 6.45) is -2.33. The zero-order chi connectivity index (χ0) is 25.4. The number of hydrogen-bond donors (Lipinski definition) is 2. The number of nitrogens with one attached hydrogen (secondary N) is 2. The van der Waals surface area contributed by atoms with Gasteiger partial charge in [-0.1, -0.05) is 47.7 Å². The maximum Gasteiger partial charge on any atom is 0.292 e. The molecule has 12 nitrogen and oxygen atoms in total. The molecule has 2 aliphatic rings. The molecule has 0 radical (unpaired) electrons. The van der Waals surface area contributed by atoms with Gasteiger partial charge < -0.3 is 24.8 Å². The van der Waals surface area contributed by atoms with Crippen molar-refractivity contribution in [3.63, 3.8) is 0 Å². The van der Waals surface area contributed by atoms with Gasteiger partial charge >= 0.3 is 0 Å². The van der Waals surface area contributed by atoms with Gasteiger partial charge in [-0.05, 0) is 19.9 Å². The number of rotatable bonds is 7. The van der Waals surface area contributed by atoms with Crippen molar-refractivity contribution >= 4 is 17.3 Å². The maximum atomic E-state index is 12.6. The van der Waals surface area contributed by atoms with Gasteiger partial charge in [0.25, 0.3) is 11.6 Å².